The fraction of sp³-hybridized carbons (Fsp3) is 0.273. The number of halogens is 1. The van der Waals surface area contributed by atoms with Crippen molar-refractivity contribution >= 4 is 12.3 Å². The summed E-state index contributed by atoms with van der Waals surface area (Å²) in [6.45, 7) is 1.69. The molecule has 0 radical (unpaired) electrons. The van der Waals surface area contributed by atoms with Gasteiger partial charge >= 0.3 is 5.97 Å². The van der Waals surface area contributed by atoms with Gasteiger partial charge in [-0.3, -0.25) is 4.79 Å². The minimum Gasteiger partial charge on any atom is -0.481 e. The Morgan fingerprint density at radius 2 is 2.13 bits per heavy atom. The van der Waals surface area contributed by atoms with E-state index >= 15 is 0 Å². The van der Waals surface area contributed by atoms with Gasteiger partial charge in [0.15, 0.2) is 0 Å². The molecule has 0 aromatic heterocycles. The van der Waals surface area contributed by atoms with E-state index in [1.807, 2.05) is 0 Å². The minimum atomic E-state index is -1.09. The Hall–Kier alpha value is -1.71. The lowest BCUT2D eigenvalue weighted by atomic mass is 10.0. The van der Waals surface area contributed by atoms with E-state index in [2.05, 4.69) is 0 Å². The molecule has 0 amide bonds. The summed E-state index contributed by atoms with van der Waals surface area (Å²) in [6.07, 6.45) is 0.529. The number of aliphatic carboxylic acids is 1. The average Bonchev–Trinajstić information content (AvgIpc) is 2.12. The minimum absolute atomic E-state index is 0.116. The highest BCUT2D eigenvalue weighted by molar-refractivity contribution is 5.70. The molecule has 0 saturated heterocycles. The van der Waals surface area contributed by atoms with Crippen LogP contribution in [0.1, 0.15) is 16.7 Å². The van der Waals surface area contributed by atoms with E-state index in [0.717, 1.165) is 0 Å². The van der Waals surface area contributed by atoms with Gasteiger partial charge < -0.3 is 9.90 Å². The summed E-state index contributed by atoms with van der Waals surface area (Å²) in [7, 11) is 0. The molecule has 4 heteroatoms. The molecule has 1 aromatic carbocycles. The molecular formula is C11H11FO3. The van der Waals surface area contributed by atoms with Crippen LogP contribution in [0.4, 0.5) is 4.39 Å². The van der Waals surface area contributed by atoms with E-state index < -0.39 is 11.8 Å². The lowest BCUT2D eigenvalue weighted by Gasteiger charge is -2.06. The third-order valence-corrected chi connectivity index (χ3v) is 2.15. The molecule has 80 valence electrons. The van der Waals surface area contributed by atoms with Crippen LogP contribution in [0.2, 0.25) is 0 Å². The molecule has 1 N–H and O–H groups in total. The van der Waals surface area contributed by atoms with Crippen LogP contribution in [0.5, 0.6) is 0 Å². The average molecular weight is 210 g/mol. The molecule has 0 saturated carbocycles. The number of rotatable bonds is 4. The van der Waals surface area contributed by atoms with Gasteiger partial charge in [-0.05, 0) is 29.7 Å². The molecule has 0 unspecified atom stereocenters. The Kier molecular flexibility index (Phi) is 3.55. The molecule has 0 aliphatic heterocycles. The third-order valence-electron chi connectivity index (χ3n) is 2.15. The second-order valence-corrected chi connectivity index (χ2v) is 3.31. The maximum atomic E-state index is 13.3. The Bertz CT molecular complexity index is 399. The first-order chi connectivity index (χ1) is 7.04. The van der Waals surface area contributed by atoms with Crippen molar-refractivity contribution in [1.29, 1.82) is 0 Å². The zero-order valence-corrected chi connectivity index (χ0v) is 8.29. The molecule has 0 fully saturated rings. The molecule has 1 aromatic rings. The fourth-order valence-electron chi connectivity index (χ4n) is 1.38. The summed E-state index contributed by atoms with van der Waals surface area (Å²) in [5.41, 5.74) is 1.45. The molecule has 0 spiro atoms. The first-order valence-electron chi connectivity index (χ1n) is 4.48. The van der Waals surface area contributed by atoms with Crippen LogP contribution < -0.4 is 0 Å². The molecule has 0 heterocycles. The van der Waals surface area contributed by atoms with Crippen molar-refractivity contribution in [2.75, 3.05) is 0 Å². The highest BCUT2D eigenvalue weighted by Crippen LogP contribution is 2.16. The summed E-state index contributed by atoms with van der Waals surface area (Å²) in [5, 5.41) is 8.55. The van der Waals surface area contributed by atoms with Crippen molar-refractivity contribution in [3.63, 3.8) is 0 Å². The summed E-state index contributed by atoms with van der Waals surface area (Å²) in [5.74, 6) is -1.63. The second-order valence-electron chi connectivity index (χ2n) is 3.31. The van der Waals surface area contributed by atoms with Gasteiger partial charge in [-0.1, -0.05) is 6.07 Å². The first-order valence-corrected chi connectivity index (χ1v) is 4.48. The van der Waals surface area contributed by atoms with E-state index in [1.165, 1.54) is 12.1 Å². The number of aryl methyl sites for hydroxylation is 1. The summed E-state index contributed by atoms with van der Waals surface area (Å²) < 4.78 is 13.3. The van der Waals surface area contributed by atoms with Gasteiger partial charge in [-0.25, -0.2) is 4.39 Å². The fourth-order valence-corrected chi connectivity index (χ4v) is 1.38. The number of carbonyl (C=O) groups is 2. The first kappa shape index (κ1) is 11.4. The van der Waals surface area contributed by atoms with Gasteiger partial charge in [0.25, 0.3) is 0 Å². The maximum absolute atomic E-state index is 13.3. The van der Waals surface area contributed by atoms with Gasteiger partial charge in [-0.15, -0.1) is 0 Å². The Morgan fingerprint density at radius 1 is 1.47 bits per heavy atom. The van der Waals surface area contributed by atoms with E-state index in [1.54, 1.807) is 6.92 Å². The highest BCUT2D eigenvalue weighted by Gasteiger charge is 2.10. The normalized spacial score (nSPS) is 10.0. The summed E-state index contributed by atoms with van der Waals surface area (Å²) in [4.78, 5) is 20.8. The maximum Gasteiger partial charge on any atom is 0.307 e. The standard InChI is InChI=1S/C11H11FO3/c1-7-4-10(12)9(6-11(14)15)5-8(7)2-3-13/h3-5H,2,6H2,1H3,(H,14,15). The van der Waals surface area contributed by atoms with Gasteiger partial charge in [0, 0.05) is 6.42 Å². The molecular weight excluding hydrogens is 199 g/mol. The van der Waals surface area contributed by atoms with E-state index in [9.17, 15) is 14.0 Å². The second kappa shape index (κ2) is 4.68. The van der Waals surface area contributed by atoms with Crippen LogP contribution in [0.25, 0.3) is 0 Å². The summed E-state index contributed by atoms with van der Waals surface area (Å²) >= 11 is 0. The van der Waals surface area contributed by atoms with Gasteiger partial charge in [0.05, 0.1) is 6.42 Å². The zero-order chi connectivity index (χ0) is 11.4. The molecule has 0 atom stereocenters. The Balaban J connectivity index is 3.10. The number of carboxylic acids is 1. The van der Waals surface area contributed by atoms with E-state index in [0.29, 0.717) is 17.4 Å². The van der Waals surface area contributed by atoms with E-state index in [4.69, 9.17) is 5.11 Å². The smallest absolute Gasteiger partial charge is 0.307 e. The Labute approximate surface area is 86.5 Å². The van der Waals surface area contributed by atoms with Gasteiger partial charge in [-0.2, -0.15) is 0 Å². The van der Waals surface area contributed by atoms with Crippen LogP contribution in [0.3, 0.4) is 0 Å². The van der Waals surface area contributed by atoms with Crippen LogP contribution in [0.15, 0.2) is 12.1 Å². The van der Waals surface area contributed by atoms with E-state index in [-0.39, 0.29) is 18.4 Å². The number of hydrogen-bond acceptors (Lipinski definition) is 2. The van der Waals surface area contributed by atoms with Crippen molar-refractivity contribution in [3.05, 3.63) is 34.6 Å². The van der Waals surface area contributed by atoms with Crippen molar-refractivity contribution in [2.24, 2.45) is 0 Å². The summed E-state index contributed by atoms with van der Waals surface area (Å²) in [6, 6.07) is 2.70. The lowest BCUT2D eigenvalue weighted by Crippen LogP contribution is -2.04. The highest BCUT2D eigenvalue weighted by atomic mass is 19.1. The molecule has 0 aliphatic rings. The SMILES string of the molecule is Cc1cc(F)c(CC(=O)O)cc1CC=O. The molecule has 3 nitrogen and oxygen atoms in total. The molecule has 0 bridgehead atoms. The largest absolute Gasteiger partial charge is 0.481 e. The van der Waals surface area contributed by atoms with Crippen LogP contribution >= 0.6 is 0 Å². The molecule has 1 rings (SSSR count). The van der Waals surface area contributed by atoms with Crippen LogP contribution in [0, 0.1) is 12.7 Å². The van der Waals surface area contributed by atoms with Gasteiger partial charge in [0.1, 0.15) is 12.1 Å². The van der Waals surface area contributed by atoms with Gasteiger partial charge in [0.2, 0.25) is 0 Å². The van der Waals surface area contributed by atoms with Crippen molar-refractivity contribution in [2.45, 2.75) is 19.8 Å². The molecule has 15 heavy (non-hydrogen) atoms. The van der Waals surface area contributed by atoms with Crippen LogP contribution in [-0.4, -0.2) is 17.4 Å². The zero-order valence-electron chi connectivity index (χ0n) is 8.29. The number of carbonyl (C=O) groups excluding carboxylic acids is 1. The third kappa shape index (κ3) is 2.87. The lowest BCUT2D eigenvalue weighted by molar-refractivity contribution is -0.136. The Morgan fingerprint density at radius 3 is 2.67 bits per heavy atom. The molecule has 0 aliphatic carbocycles. The number of benzene rings is 1. The predicted octanol–water partition coefficient (Wildman–Crippen LogP) is 1.50. The van der Waals surface area contributed by atoms with Crippen molar-refractivity contribution in [1.82, 2.24) is 0 Å². The number of hydrogen-bond donors (Lipinski definition) is 1. The quantitative estimate of drug-likeness (QED) is 0.766. The monoisotopic (exact) mass is 210 g/mol. The number of aldehydes is 1. The van der Waals surface area contributed by atoms with Crippen molar-refractivity contribution in [3.8, 4) is 0 Å². The topological polar surface area (TPSA) is 54.4 Å². The van der Waals surface area contributed by atoms with Crippen LogP contribution in [-0.2, 0) is 22.4 Å². The predicted molar refractivity (Wildman–Crippen MR) is 52.2 cm³/mol. The number of carboxylic acid groups (broad SMARTS) is 1. The van der Waals surface area contributed by atoms with Crippen molar-refractivity contribution < 1.29 is 19.1 Å².